The maximum absolute atomic E-state index is 12.8. The highest BCUT2D eigenvalue weighted by Crippen LogP contribution is 2.31. The molecular weight excluding hydrogens is 314 g/mol. The number of nitrogens with one attached hydrogen (secondary N) is 2. The first kappa shape index (κ1) is 15.2. The normalized spacial score (nSPS) is 14.7. The second kappa shape index (κ2) is 5.94. The Labute approximate surface area is 145 Å². The number of aromatic amines is 1. The zero-order valence-electron chi connectivity index (χ0n) is 13.7. The van der Waals surface area contributed by atoms with E-state index in [4.69, 9.17) is 0 Å². The summed E-state index contributed by atoms with van der Waals surface area (Å²) >= 11 is 0. The Kier molecular flexibility index (Phi) is 3.61. The second-order valence-electron chi connectivity index (χ2n) is 5.87. The fraction of sp³-hybridized carbons (Fsp3) is 0.100. The third-order valence-corrected chi connectivity index (χ3v) is 4.33. The van der Waals surface area contributed by atoms with Crippen LogP contribution in [-0.2, 0) is 9.59 Å². The molecule has 3 aromatic rings. The lowest BCUT2D eigenvalue weighted by Gasteiger charge is -2.11. The summed E-state index contributed by atoms with van der Waals surface area (Å²) in [6.45, 7) is 2.13. The van der Waals surface area contributed by atoms with Crippen molar-refractivity contribution in [3.8, 4) is 0 Å². The van der Waals surface area contributed by atoms with Crippen LogP contribution in [0.15, 0.2) is 66.4 Å². The number of anilines is 1. The Morgan fingerprint density at radius 3 is 2.40 bits per heavy atom. The van der Waals surface area contributed by atoms with E-state index in [2.05, 4.69) is 10.3 Å². The lowest BCUT2D eigenvalue weighted by Crippen LogP contribution is -2.32. The number of hydrogen-bond acceptors (Lipinski definition) is 3. The number of hydrogen-bond donors (Lipinski definition) is 2. The monoisotopic (exact) mass is 331 g/mol. The summed E-state index contributed by atoms with van der Waals surface area (Å²) in [5.41, 5.74) is 3.04. The van der Waals surface area contributed by atoms with E-state index >= 15 is 0 Å². The number of carbonyl (C=O) groups is 2. The van der Waals surface area contributed by atoms with Gasteiger partial charge in [-0.2, -0.15) is 0 Å². The first-order valence-corrected chi connectivity index (χ1v) is 8.19. The van der Waals surface area contributed by atoms with E-state index in [0.29, 0.717) is 23.5 Å². The van der Waals surface area contributed by atoms with Crippen LogP contribution in [0.25, 0.3) is 16.5 Å². The van der Waals surface area contributed by atoms with Gasteiger partial charge >= 0.3 is 0 Å². The highest BCUT2D eigenvalue weighted by atomic mass is 16.2. The molecule has 0 spiro atoms. The minimum Gasteiger partial charge on any atom is -0.354 e. The summed E-state index contributed by atoms with van der Waals surface area (Å²) in [5, 5.41) is 4.13. The van der Waals surface area contributed by atoms with Crippen molar-refractivity contribution in [2.75, 3.05) is 11.9 Å². The second-order valence-corrected chi connectivity index (χ2v) is 5.87. The number of aromatic nitrogens is 1. The van der Waals surface area contributed by atoms with Crippen LogP contribution in [0.3, 0.4) is 0 Å². The Bertz CT molecular complexity index is 969. The molecule has 0 saturated carbocycles. The molecule has 2 heterocycles. The number of H-pyrrole nitrogens is 1. The number of nitrogens with zero attached hydrogens (tertiary/aromatic N) is 1. The standard InChI is InChI=1S/C20H17N3O2/c1-2-23-19(24)17(16-12-13-8-6-7-11-15(13)22-16)18(20(23)25)21-14-9-4-3-5-10-14/h3-12,21-22H,2H2,1H3. The quantitative estimate of drug-likeness (QED) is 0.720. The topological polar surface area (TPSA) is 65.2 Å². The van der Waals surface area contributed by atoms with Gasteiger partial charge in [-0.25, -0.2) is 0 Å². The molecule has 2 amide bonds. The molecule has 4 rings (SSSR count). The van der Waals surface area contributed by atoms with Crippen molar-refractivity contribution in [3.63, 3.8) is 0 Å². The van der Waals surface area contributed by atoms with E-state index in [1.807, 2.05) is 60.7 Å². The molecule has 0 atom stereocenters. The molecule has 5 heteroatoms. The number of fused-ring (bicyclic) bond motifs is 1. The van der Waals surface area contributed by atoms with Gasteiger partial charge in [0.2, 0.25) is 0 Å². The van der Waals surface area contributed by atoms with Crippen LogP contribution in [0.4, 0.5) is 5.69 Å². The van der Waals surface area contributed by atoms with Gasteiger partial charge < -0.3 is 10.3 Å². The Balaban J connectivity index is 1.86. The van der Waals surface area contributed by atoms with Gasteiger partial charge in [-0.1, -0.05) is 36.4 Å². The lowest BCUT2D eigenvalue weighted by molar-refractivity contribution is -0.136. The first-order chi connectivity index (χ1) is 12.2. The highest BCUT2D eigenvalue weighted by molar-refractivity contribution is 6.36. The van der Waals surface area contributed by atoms with Gasteiger partial charge in [-0.05, 0) is 31.2 Å². The molecule has 0 fully saturated rings. The Morgan fingerprint density at radius 2 is 1.68 bits per heavy atom. The molecule has 2 aromatic carbocycles. The maximum atomic E-state index is 12.8. The molecule has 2 N–H and O–H groups in total. The molecule has 5 nitrogen and oxygen atoms in total. The van der Waals surface area contributed by atoms with Crippen LogP contribution in [0, 0.1) is 0 Å². The fourth-order valence-corrected chi connectivity index (χ4v) is 3.10. The van der Waals surface area contributed by atoms with E-state index in [1.54, 1.807) is 6.92 Å². The molecule has 1 aliphatic heterocycles. The van der Waals surface area contributed by atoms with Crippen molar-refractivity contribution >= 4 is 34.0 Å². The van der Waals surface area contributed by atoms with Crippen LogP contribution >= 0.6 is 0 Å². The largest absolute Gasteiger partial charge is 0.354 e. The van der Waals surface area contributed by atoms with Crippen LogP contribution < -0.4 is 5.32 Å². The number of amides is 2. The van der Waals surface area contributed by atoms with Gasteiger partial charge in [0.1, 0.15) is 5.70 Å². The SMILES string of the molecule is CCN1C(=O)C(Nc2ccccc2)=C(c2cc3ccccc3[nH]2)C1=O. The van der Waals surface area contributed by atoms with E-state index < -0.39 is 0 Å². The Morgan fingerprint density at radius 1 is 0.960 bits per heavy atom. The van der Waals surface area contributed by atoms with Crippen molar-refractivity contribution < 1.29 is 9.59 Å². The number of para-hydroxylation sites is 2. The molecule has 0 unspecified atom stereocenters. The van der Waals surface area contributed by atoms with E-state index in [0.717, 1.165) is 16.6 Å². The summed E-state index contributed by atoms with van der Waals surface area (Å²) < 4.78 is 0. The third kappa shape index (κ3) is 2.50. The predicted octanol–water partition coefficient (Wildman–Crippen LogP) is 3.38. The van der Waals surface area contributed by atoms with Crippen molar-refractivity contribution in [1.82, 2.24) is 9.88 Å². The number of rotatable bonds is 4. The molecule has 1 aromatic heterocycles. The Hall–Kier alpha value is -3.34. The highest BCUT2D eigenvalue weighted by Gasteiger charge is 2.38. The average molecular weight is 331 g/mol. The summed E-state index contributed by atoms with van der Waals surface area (Å²) in [4.78, 5) is 30.0. The first-order valence-electron chi connectivity index (χ1n) is 8.19. The summed E-state index contributed by atoms with van der Waals surface area (Å²) in [6.07, 6.45) is 0. The molecule has 0 saturated heterocycles. The zero-order valence-corrected chi connectivity index (χ0v) is 13.7. The number of likely N-dealkylation sites (N-methyl/N-ethyl adjacent to an activating group) is 1. The van der Waals surface area contributed by atoms with E-state index in [1.165, 1.54) is 4.90 Å². The van der Waals surface area contributed by atoms with Crippen LogP contribution in [0.1, 0.15) is 12.6 Å². The van der Waals surface area contributed by atoms with Gasteiger partial charge in [-0.15, -0.1) is 0 Å². The van der Waals surface area contributed by atoms with Gasteiger partial charge in [0.15, 0.2) is 0 Å². The fourth-order valence-electron chi connectivity index (χ4n) is 3.10. The van der Waals surface area contributed by atoms with Crippen molar-refractivity contribution in [1.29, 1.82) is 0 Å². The third-order valence-electron chi connectivity index (χ3n) is 4.33. The molecule has 1 aliphatic rings. The van der Waals surface area contributed by atoms with Crippen LogP contribution in [0.2, 0.25) is 0 Å². The minimum absolute atomic E-state index is 0.280. The van der Waals surface area contributed by atoms with Crippen molar-refractivity contribution in [2.24, 2.45) is 0 Å². The van der Waals surface area contributed by atoms with Crippen molar-refractivity contribution in [2.45, 2.75) is 6.92 Å². The van der Waals surface area contributed by atoms with Gasteiger partial charge in [-0.3, -0.25) is 14.5 Å². The number of benzene rings is 2. The zero-order chi connectivity index (χ0) is 17.4. The van der Waals surface area contributed by atoms with Crippen LogP contribution in [0.5, 0.6) is 0 Å². The van der Waals surface area contributed by atoms with E-state index in [9.17, 15) is 9.59 Å². The van der Waals surface area contributed by atoms with Crippen LogP contribution in [-0.4, -0.2) is 28.2 Å². The van der Waals surface area contributed by atoms with E-state index in [-0.39, 0.29) is 11.8 Å². The molecular formula is C20H17N3O2. The minimum atomic E-state index is -0.301. The molecule has 124 valence electrons. The average Bonchev–Trinajstić information content (AvgIpc) is 3.15. The number of imide groups is 1. The molecule has 0 bridgehead atoms. The van der Waals surface area contributed by atoms with Gasteiger partial charge in [0, 0.05) is 23.1 Å². The smallest absolute Gasteiger partial charge is 0.278 e. The molecule has 0 aliphatic carbocycles. The summed E-state index contributed by atoms with van der Waals surface area (Å²) in [5.74, 6) is -0.581. The summed E-state index contributed by atoms with van der Waals surface area (Å²) in [7, 11) is 0. The van der Waals surface area contributed by atoms with Gasteiger partial charge in [0.25, 0.3) is 11.8 Å². The van der Waals surface area contributed by atoms with Crippen molar-refractivity contribution in [3.05, 3.63) is 72.1 Å². The maximum Gasteiger partial charge on any atom is 0.278 e. The predicted molar refractivity (Wildman–Crippen MR) is 97.7 cm³/mol. The molecule has 25 heavy (non-hydrogen) atoms. The lowest BCUT2D eigenvalue weighted by atomic mass is 10.1. The van der Waals surface area contributed by atoms with Gasteiger partial charge in [0.05, 0.1) is 11.3 Å². The molecule has 0 radical (unpaired) electrons. The number of carbonyl (C=O) groups excluding carboxylic acids is 2. The summed E-state index contributed by atoms with van der Waals surface area (Å²) in [6, 6.07) is 19.1.